The summed E-state index contributed by atoms with van der Waals surface area (Å²) in [6.45, 7) is 1.51. The van der Waals surface area contributed by atoms with E-state index >= 15 is 0 Å². The molecule has 1 saturated heterocycles. The van der Waals surface area contributed by atoms with Gasteiger partial charge >= 0.3 is 0 Å². The number of piperidine rings is 1. The highest BCUT2D eigenvalue weighted by atomic mass is 16.5. The van der Waals surface area contributed by atoms with Gasteiger partial charge in [0.05, 0.1) is 25.5 Å². The summed E-state index contributed by atoms with van der Waals surface area (Å²) in [5, 5.41) is 4.60. The normalized spacial score (nSPS) is 17.3. The van der Waals surface area contributed by atoms with Gasteiger partial charge in [0.1, 0.15) is 5.75 Å². The van der Waals surface area contributed by atoms with Gasteiger partial charge in [-0.3, -0.25) is 4.79 Å². The second kappa shape index (κ2) is 7.36. The molecule has 3 heterocycles. The van der Waals surface area contributed by atoms with Gasteiger partial charge in [-0.2, -0.15) is 5.10 Å². The summed E-state index contributed by atoms with van der Waals surface area (Å²) in [5.74, 6) is 1.04. The zero-order valence-electron chi connectivity index (χ0n) is 15.3. The molecule has 1 aliphatic heterocycles. The molecule has 1 atom stereocenters. The predicted molar refractivity (Wildman–Crippen MR) is 103 cm³/mol. The lowest BCUT2D eigenvalue weighted by Gasteiger charge is -2.32. The number of benzene rings is 1. The van der Waals surface area contributed by atoms with E-state index in [1.807, 2.05) is 52.1 Å². The van der Waals surface area contributed by atoms with E-state index in [-0.39, 0.29) is 18.4 Å². The molecule has 0 radical (unpaired) electrons. The van der Waals surface area contributed by atoms with Crippen molar-refractivity contribution >= 4 is 11.6 Å². The molecule has 0 aliphatic carbocycles. The van der Waals surface area contributed by atoms with E-state index in [2.05, 4.69) is 10.1 Å². The van der Waals surface area contributed by atoms with Crippen LogP contribution >= 0.6 is 0 Å². The first-order chi connectivity index (χ1) is 13.2. The van der Waals surface area contributed by atoms with E-state index in [0.29, 0.717) is 6.54 Å². The van der Waals surface area contributed by atoms with E-state index in [9.17, 15) is 4.79 Å². The van der Waals surface area contributed by atoms with Crippen molar-refractivity contribution in [2.24, 2.45) is 5.73 Å². The molecule has 27 heavy (non-hydrogen) atoms. The van der Waals surface area contributed by atoms with Crippen molar-refractivity contribution in [3.05, 3.63) is 48.4 Å². The summed E-state index contributed by atoms with van der Waals surface area (Å²) >= 11 is 0. The van der Waals surface area contributed by atoms with E-state index in [4.69, 9.17) is 10.5 Å². The van der Waals surface area contributed by atoms with E-state index in [1.54, 1.807) is 7.11 Å². The minimum Gasteiger partial charge on any atom is -0.497 e. The number of hydrogen-bond donors (Lipinski definition) is 1. The first kappa shape index (κ1) is 17.5. The van der Waals surface area contributed by atoms with Crippen molar-refractivity contribution in [1.29, 1.82) is 0 Å². The van der Waals surface area contributed by atoms with Crippen LogP contribution < -0.4 is 10.5 Å². The van der Waals surface area contributed by atoms with E-state index in [0.717, 1.165) is 47.6 Å². The Morgan fingerprint density at radius 1 is 1.30 bits per heavy atom. The molecule has 0 saturated carbocycles. The zero-order chi connectivity index (χ0) is 18.8. The number of amides is 1. The van der Waals surface area contributed by atoms with Gasteiger partial charge in [0, 0.05) is 30.8 Å². The first-order valence-electron chi connectivity index (χ1n) is 9.16. The number of likely N-dealkylation sites (tertiary alicyclic amines) is 1. The van der Waals surface area contributed by atoms with Crippen LogP contribution in [-0.4, -0.2) is 52.1 Å². The molecular formula is C20H23N5O2. The van der Waals surface area contributed by atoms with Crippen molar-refractivity contribution in [3.8, 4) is 16.9 Å². The minimum atomic E-state index is 0.00406. The molecule has 0 spiro atoms. The molecule has 1 amide bonds. The lowest BCUT2D eigenvalue weighted by Crippen LogP contribution is -2.42. The number of methoxy groups -OCH3 is 1. The molecule has 2 aromatic heterocycles. The van der Waals surface area contributed by atoms with Crippen LogP contribution in [0.4, 0.5) is 0 Å². The van der Waals surface area contributed by atoms with Crippen LogP contribution in [0.2, 0.25) is 0 Å². The van der Waals surface area contributed by atoms with Crippen LogP contribution in [0.5, 0.6) is 5.75 Å². The smallest absolute Gasteiger partial charge is 0.236 e. The van der Waals surface area contributed by atoms with Crippen LogP contribution in [0.15, 0.2) is 42.7 Å². The zero-order valence-corrected chi connectivity index (χ0v) is 15.3. The first-order valence-corrected chi connectivity index (χ1v) is 9.16. The fraction of sp³-hybridized carbons (Fsp3) is 0.350. The number of rotatable bonds is 4. The second-order valence-corrected chi connectivity index (χ2v) is 6.77. The third-order valence-electron chi connectivity index (χ3n) is 5.20. The average Bonchev–Trinajstić information content (AvgIpc) is 3.17. The summed E-state index contributed by atoms with van der Waals surface area (Å²) in [6.07, 6.45) is 5.65. The Morgan fingerprint density at radius 2 is 2.11 bits per heavy atom. The topological polar surface area (TPSA) is 85.8 Å². The molecule has 1 aliphatic rings. The molecular weight excluding hydrogens is 342 g/mol. The van der Waals surface area contributed by atoms with Crippen LogP contribution in [0.25, 0.3) is 16.8 Å². The third kappa shape index (κ3) is 3.26. The fourth-order valence-corrected chi connectivity index (χ4v) is 3.77. The summed E-state index contributed by atoms with van der Waals surface area (Å²) in [7, 11) is 1.65. The maximum absolute atomic E-state index is 12.0. The van der Waals surface area contributed by atoms with Crippen molar-refractivity contribution in [3.63, 3.8) is 0 Å². The minimum absolute atomic E-state index is 0.00406. The highest BCUT2D eigenvalue weighted by Crippen LogP contribution is 2.30. The summed E-state index contributed by atoms with van der Waals surface area (Å²) in [4.78, 5) is 18.4. The maximum atomic E-state index is 12.0. The molecule has 7 heteroatoms. The van der Waals surface area contributed by atoms with Gasteiger partial charge in [-0.1, -0.05) is 12.1 Å². The number of aromatic nitrogens is 3. The molecule has 1 aromatic carbocycles. The van der Waals surface area contributed by atoms with Gasteiger partial charge < -0.3 is 15.4 Å². The van der Waals surface area contributed by atoms with Crippen molar-refractivity contribution < 1.29 is 9.53 Å². The quantitative estimate of drug-likeness (QED) is 0.765. The summed E-state index contributed by atoms with van der Waals surface area (Å²) < 4.78 is 7.14. The van der Waals surface area contributed by atoms with E-state index < -0.39 is 0 Å². The lowest BCUT2D eigenvalue weighted by atomic mass is 9.94. The van der Waals surface area contributed by atoms with Crippen molar-refractivity contribution in [2.75, 3.05) is 26.7 Å². The van der Waals surface area contributed by atoms with Crippen LogP contribution in [0, 0.1) is 0 Å². The Kier molecular flexibility index (Phi) is 4.77. The van der Waals surface area contributed by atoms with Crippen LogP contribution in [0.3, 0.4) is 0 Å². The SMILES string of the molecule is COc1ccc(-c2cnn3c(C4CCCN(C(=O)CN)C4)ccnc23)cc1. The van der Waals surface area contributed by atoms with Gasteiger partial charge in [0.15, 0.2) is 5.65 Å². The Morgan fingerprint density at radius 3 is 2.85 bits per heavy atom. The third-order valence-corrected chi connectivity index (χ3v) is 5.20. The van der Waals surface area contributed by atoms with Crippen molar-refractivity contribution in [2.45, 2.75) is 18.8 Å². The Hall–Kier alpha value is -2.93. The number of nitrogens with zero attached hydrogens (tertiary/aromatic N) is 4. The van der Waals surface area contributed by atoms with Gasteiger partial charge in [0.25, 0.3) is 0 Å². The number of hydrogen-bond acceptors (Lipinski definition) is 5. The molecule has 0 bridgehead atoms. The highest BCUT2D eigenvalue weighted by molar-refractivity contribution is 5.78. The number of nitrogens with two attached hydrogens (primary N) is 1. The monoisotopic (exact) mass is 365 g/mol. The number of ether oxygens (including phenoxy) is 1. The second-order valence-electron chi connectivity index (χ2n) is 6.77. The number of fused-ring (bicyclic) bond motifs is 1. The molecule has 1 fully saturated rings. The number of carbonyl (C=O) groups is 1. The number of carbonyl (C=O) groups excluding carboxylic acids is 1. The van der Waals surface area contributed by atoms with Crippen molar-refractivity contribution in [1.82, 2.24) is 19.5 Å². The Labute approximate surface area is 157 Å². The van der Waals surface area contributed by atoms with Crippen LogP contribution in [0.1, 0.15) is 24.5 Å². The van der Waals surface area contributed by atoms with E-state index in [1.165, 1.54) is 0 Å². The predicted octanol–water partition coefficient (Wildman–Crippen LogP) is 2.07. The molecule has 7 nitrogen and oxygen atoms in total. The largest absolute Gasteiger partial charge is 0.497 e. The lowest BCUT2D eigenvalue weighted by molar-refractivity contribution is -0.130. The molecule has 4 rings (SSSR count). The molecule has 140 valence electrons. The Bertz CT molecular complexity index is 951. The average molecular weight is 365 g/mol. The van der Waals surface area contributed by atoms with Gasteiger partial charge in [-0.25, -0.2) is 9.50 Å². The maximum Gasteiger partial charge on any atom is 0.236 e. The van der Waals surface area contributed by atoms with Gasteiger partial charge in [0.2, 0.25) is 5.91 Å². The summed E-state index contributed by atoms with van der Waals surface area (Å²) in [6, 6.07) is 9.87. The highest BCUT2D eigenvalue weighted by Gasteiger charge is 2.26. The van der Waals surface area contributed by atoms with Crippen LogP contribution in [-0.2, 0) is 4.79 Å². The Balaban J connectivity index is 1.69. The summed E-state index contributed by atoms with van der Waals surface area (Å²) in [5.41, 5.74) is 9.45. The molecule has 1 unspecified atom stereocenters. The fourth-order valence-electron chi connectivity index (χ4n) is 3.77. The molecule has 3 aromatic rings. The van der Waals surface area contributed by atoms with Gasteiger partial charge in [-0.15, -0.1) is 0 Å². The molecule has 2 N–H and O–H groups in total. The van der Waals surface area contributed by atoms with Gasteiger partial charge in [-0.05, 0) is 36.6 Å². The standard InChI is InChI=1S/C20H23N5O2/c1-27-16-6-4-14(5-7-16)17-12-23-25-18(8-9-22-20(17)25)15-3-2-10-24(13-15)19(26)11-21/h4-9,12,15H,2-3,10-11,13,21H2,1H3.